The second-order valence-electron chi connectivity index (χ2n) is 3.00. The predicted molar refractivity (Wildman–Crippen MR) is 63.4 cm³/mol. The highest BCUT2D eigenvalue weighted by Gasteiger charge is 2.02. The first-order chi connectivity index (χ1) is 7.69. The van der Waals surface area contributed by atoms with Crippen molar-refractivity contribution in [1.29, 1.82) is 10.5 Å². The van der Waals surface area contributed by atoms with E-state index in [2.05, 4.69) is 24.2 Å². The number of nitriles is 2. The molecule has 1 rings (SSSR count). The van der Waals surface area contributed by atoms with E-state index in [1.807, 2.05) is 6.07 Å². The summed E-state index contributed by atoms with van der Waals surface area (Å²) in [5.41, 5.74) is 1.92. The molecule has 0 amide bonds. The molecule has 0 saturated heterocycles. The van der Waals surface area contributed by atoms with Gasteiger partial charge in [-0.3, -0.25) is 0 Å². The van der Waals surface area contributed by atoms with Gasteiger partial charge in [-0.15, -0.1) is 0 Å². The molecule has 0 radical (unpaired) electrons. The molecule has 3 heteroatoms. The summed E-state index contributed by atoms with van der Waals surface area (Å²) in [6.45, 7) is 7.21. The van der Waals surface area contributed by atoms with E-state index in [9.17, 15) is 0 Å². The maximum atomic E-state index is 8.89. The molecule has 0 aliphatic heterocycles. The van der Waals surface area contributed by atoms with Crippen molar-refractivity contribution in [2.75, 3.05) is 0 Å². The Balaban J connectivity index is 2.99. The highest BCUT2D eigenvalue weighted by Crippen LogP contribution is 2.15. The van der Waals surface area contributed by atoms with Crippen LogP contribution in [0.25, 0.3) is 5.57 Å². The zero-order valence-electron chi connectivity index (χ0n) is 8.64. The Hall–Kier alpha value is -2.65. The number of rotatable bonds is 3. The van der Waals surface area contributed by atoms with Crippen LogP contribution in [0.3, 0.4) is 0 Å². The van der Waals surface area contributed by atoms with Gasteiger partial charge in [-0.05, 0) is 11.6 Å². The molecule has 3 nitrogen and oxygen atoms in total. The molecule has 76 valence electrons. The third-order valence-electron chi connectivity index (χ3n) is 1.90. The summed E-state index contributed by atoms with van der Waals surface area (Å²) in [6, 6.07) is 10.9. The van der Waals surface area contributed by atoms with E-state index in [0.29, 0.717) is 16.7 Å². The number of hydrogen-bond acceptors (Lipinski definition) is 3. The fourth-order valence-electron chi connectivity index (χ4n) is 1.11. The SMILES string of the molecule is C=C(C#N)/N=C/C(=C)c1ccccc1C#N. The molecule has 1 aromatic carbocycles. The average molecular weight is 207 g/mol. The quantitative estimate of drug-likeness (QED) is 0.565. The molecule has 16 heavy (non-hydrogen) atoms. The highest BCUT2D eigenvalue weighted by molar-refractivity contribution is 6.10. The first kappa shape index (κ1) is 11.4. The molecule has 0 bridgehead atoms. The summed E-state index contributed by atoms with van der Waals surface area (Å²) in [5.74, 6) is 0. The van der Waals surface area contributed by atoms with Gasteiger partial charge in [0.15, 0.2) is 0 Å². The van der Waals surface area contributed by atoms with Gasteiger partial charge in [-0.1, -0.05) is 31.4 Å². The van der Waals surface area contributed by atoms with E-state index in [0.717, 1.165) is 0 Å². The highest BCUT2D eigenvalue weighted by atomic mass is 14.7. The maximum absolute atomic E-state index is 8.89. The van der Waals surface area contributed by atoms with Crippen LogP contribution in [0.5, 0.6) is 0 Å². The van der Waals surface area contributed by atoms with Crippen LogP contribution in [-0.2, 0) is 0 Å². The van der Waals surface area contributed by atoms with Crippen LogP contribution < -0.4 is 0 Å². The lowest BCUT2D eigenvalue weighted by Crippen LogP contribution is -1.89. The van der Waals surface area contributed by atoms with Crippen LogP contribution in [0.2, 0.25) is 0 Å². The second-order valence-corrected chi connectivity index (χ2v) is 3.00. The summed E-state index contributed by atoms with van der Waals surface area (Å²) in [7, 11) is 0. The lowest BCUT2D eigenvalue weighted by molar-refractivity contribution is 1.41. The number of allylic oxidation sites excluding steroid dienone is 2. The lowest BCUT2D eigenvalue weighted by atomic mass is 10.0. The normalized spacial score (nSPS) is 9.38. The third-order valence-corrected chi connectivity index (χ3v) is 1.90. The Morgan fingerprint density at radius 3 is 2.56 bits per heavy atom. The zero-order valence-corrected chi connectivity index (χ0v) is 8.64. The largest absolute Gasteiger partial charge is 0.246 e. The third kappa shape index (κ3) is 2.67. The fourth-order valence-corrected chi connectivity index (χ4v) is 1.11. The lowest BCUT2D eigenvalue weighted by Gasteiger charge is -2.01. The van der Waals surface area contributed by atoms with Crippen molar-refractivity contribution in [2.45, 2.75) is 0 Å². The topological polar surface area (TPSA) is 59.9 Å². The summed E-state index contributed by atoms with van der Waals surface area (Å²) in [6.07, 6.45) is 1.43. The van der Waals surface area contributed by atoms with Crippen molar-refractivity contribution < 1.29 is 0 Å². The van der Waals surface area contributed by atoms with E-state index in [4.69, 9.17) is 10.5 Å². The summed E-state index contributed by atoms with van der Waals surface area (Å²) in [5, 5.41) is 17.4. The van der Waals surface area contributed by atoms with E-state index in [1.54, 1.807) is 24.3 Å². The van der Waals surface area contributed by atoms with Crippen molar-refractivity contribution in [3.8, 4) is 12.1 Å². The monoisotopic (exact) mass is 207 g/mol. The van der Waals surface area contributed by atoms with Crippen molar-refractivity contribution in [3.05, 3.63) is 54.2 Å². The smallest absolute Gasteiger partial charge is 0.133 e. The molecule has 0 unspecified atom stereocenters. The molecule has 0 aliphatic rings. The van der Waals surface area contributed by atoms with Crippen molar-refractivity contribution in [1.82, 2.24) is 0 Å². The predicted octanol–water partition coefficient (Wildman–Crippen LogP) is 2.68. The van der Waals surface area contributed by atoms with Crippen LogP contribution in [0.15, 0.2) is 48.1 Å². The van der Waals surface area contributed by atoms with Crippen molar-refractivity contribution in [2.24, 2.45) is 4.99 Å². The second kappa shape index (κ2) is 5.29. The van der Waals surface area contributed by atoms with E-state index < -0.39 is 0 Å². The summed E-state index contributed by atoms with van der Waals surface area (Å²) < 4.78 is 0. The molecular formula is C13H9N3. The Morgan fingerprint density at radius 1 is 1.25 bits per heavy atom. The van der Waals surface area contributed by atoms with Crippen molar-refractivity contribution >= 4 is 11.8 Å². The molecule has 0 N–H and O–H groups in total. The number of hydrogen-bond donors (Lipinski definition) is 0. The molecule has 1 aromatic rings. The minimum atomic E-state index is 0.107. The minimum Gasteiger partial charge on any atom is -0.246 e. The summed E-state index contributed by atoms with van der Waals surface area (Å²) in [4.78, 5) is 3.80. The molecule has 0 fully saturated rings. The molecule has 0 aliphatic carbocycles. The fraction of sp³-hybridized carbons (Fsp3) is 0. The number of nitrogens with zero attached hydrogens (tertiary/aromatic N) is 3. The molecular weight excluding hydrogens is 198 g/mol. The van der Waals surface area contributed by atoms with Gasteiger partial charge in [0.05, 0.1) is 11.6 Å². The first-order valence-corrected chi connectivity index (χ1v) is 4.50. The minimum absolute atomic E-state index is 0.107. The molecule has 0 saturated carbocycles. The van der Waals surface area contributed by atoms with Gasteiger partial charge in [0.25, 0.3) is 0 Å². The standard InChI is InChI=1S/C13H9N3/c1-10(9-16-11(2)7-14)13-6-4-3-5-12(13)8-15/h3-6,9H,1-2H2/b16-9+. The van der Waals surface area contributed by atoms with Crippen LogP contribution in [0.4, 0.5) is 0 Å². The van der Waals surface area contributed by atoms with Gasteiger partial charge < -0.3 is 0 Å². The first-order valence-electron chi connectivity index (χ1n) is 4.50. The molecule has 0 atom stereocenters. The van der Waals surface area contributed by atoms with Crippen LogP contribution in [0.1, 0.15) is 11.1 Å². The Bertz CT molecular complexity index is 539. The molecule has 0 spiro atoms. The zero-order chi connectivity index (χ0) is 12.0. The number of benzene rings is 1. The molecule has 0 heterocycles. The van der Waals surface area contributed by atoms with Crippen LogP contribution in [-0.4, -0.2) is 6.21 Å². The van der Waals surface area contributed by atoms with Gasteiger partial charge in [0, 0.05) is 11.8 Å². The Kier molecular flexibility index (Phi) is 3.77. The van der Waals surface area contributed by atoms with Crippen LogP contribution in [0, 0.1) is 22.7 Å². The van der Waals surface area contributed by atoms with Gasteiger partial charge in [-0.2, -0.15) is 10.5 Å². The van der Waals surface area contributed by atoms with E-state index in [1.165, 1.54) is 6.21 Å². The van der Waals surface area contributed by atoms with E-state index >= 15 is 0 Å². The van der Waals surface area contributed by atoms with Gasteiger partial charge in [-0.25, -0.2) is 4.99 Å². The maximum Gasteiger partial charge on any atom is 0.133 e. The van der Waals surface area contributed by atoms with E-state index in [-0.39, 0.29) is 5.70 Å². The van der Waals surface area contributed by atoms with Crippen LogP contribution >= 0.6 is 0 Å². The average Bonchev–Trinajstić information content (AvgIpc) is 2.35. The Labute approximate surface area is 94.3 Å². The van der Waals surface area contributed by atoms with Crippen molar-refractivity contribution in [3.63, 3.8) is 0 Å². The number of aliphatic imine (C=N–C) groups is 1. The van der Waals surface area contributed by atoms with Gasteiger partial charge in [0.1, 0.15) is 11.8 Å². The summed E-state index contributed by atoms with van der Waals surface area (Å²) >= 11 is 0. The molecule has 0 aromatic heterocycles. The van der Waals surface area contributed by atoms with Gasteiger partial charge in [0.2, 0.25) is 0 Å². The van der Waals surface area contributed by atoms with Gasteiger partial charge >= 0.3 is 0 Å². The Morgan fingerprint density at radius 2 is 1.94 bits per heavy atom.